The summed E-state index contributed by atoms with van der Waals surface area (Å²) in [5.74, 6) is 0.332. The molecule has 3 aromatic rings. The minimum atomic E-state index is -3.86. The van der Waals surface area contributed by atoms with Gasteiger partial charge < -0.3 is 9.32 Å². The number of carbonyl (C=O) groups excluding carboxylic acids is 2. The number of likely N-dealkylation sites (N-methyl/N-ethyl adjacent to an activating group) is 2. The van der Waals surface area contributed by atoms with Crippen molar-refractivity contribution < 1.29 is 22.4 Å². The van der Waals surface area contributed by atoms with Gasteiger partial charge in [0.15, 0.2) is 5.78 Å². The van der Waals surface area contributed by atoms with E-state index in [4.69, 9.17) is 4.42 Å². The van der Waals surface area contributed by atoms with E-state index < -0.39 is 10.0 Å². The van der Waals surface area contributed by atoms with Crippen LogP contribution in [0.1, 0.15) is 35.5 Å². The number of Topliss-reactive ketones (excluding diaryl/α,β-unsaturated/α-hetero) is 1. The minimum absolute atomic E-state index is 0.0320. The second kappa shape index (κ2) is 9.03. The molecule has 1 amide bonds. The highest BCUT2D eigenvalue weighted by Gasteiger charge is 2.25. The van der Waals surface area contributed by atoms with Gasteiger partial charge in [-0.15, -0.1) is 0 Å². The summed E-state index contributed by atoms with van der Waals surface area (Å²) in [4.78, 5) is 25.7. The summed E-state index contributed by atoms with van der Waals surface area (Å²) < 4.78 is 32.5. The number of nitrogens with zero attached hydrogens (tertiary/aromatic N) is 2. The normalized spacial score (nSPS) is 11.8. The molecule has 0 aliphatic rings. The van der Waals surface area contributed by atoms with E-state index in [1.54, 1.807) is 7.05 Å². The van der Waals surface area contributed by atoms with E-state index in [0.717, 1.165) is 26.6 Å². The van der Waals surface area contributed by atoms with Crippen LogP contribution in [0.3, 0.4) is 0 Å². The molecule has 3 rings (SSSR count). The summed E-state index contributed by atoms with van der Waals surface area (Å²) in [7, 11) is -0.853. The van der Waals surface area contributed by atoms with Gasteiger partial charge in [0.2, 0.25) is 15.9 Å². The lowest BCUT2D eigenvalue weighted by atomic mass is 10.1. The van der Waals surface area contributed by atoms with Gasteiger partial charge in [-0.3, -0.25) is 9.59 Å². The van der Waals surface area contributed by atoms with Crippen LogP contribution in [0.25, 0.3) is 11.0 Å². The summed E-state index contributed by atoms with van der Waals surface area (Å²) >= 11 is 0. The van der Waals surface area contributed by atoms with Crippen molar-refractivity contribution >= 4 is 32.7 Å². The largest absolute Gasteiger partial charge is 0.461 e. The Morgan fingerprint density at radius 1 is 1.00 bits per heavy atom. The fourth-order valence-electron chi connectivity index (χ4n) is 3.37. The third kappa shape index (κ3) is 4.70. The Labute approximate surface area is 182 Å². The van der Waals surface area contributed by atoms with Gasteiger partial charge in [-0.05, 0) is 25.1 Å². The van der Waals surface area contributed by atoms with Gasteiger partial charge in [0.25, 0.3) is 0 Å². The molecule has 0 atom stereocenters. The molecule has 1 aromatic heterocycles. The van der Waals surface area contributed by atoms with E-state index in [0.29, 0.717) is 18.5 Å². The number of carbonyl (C=O) groups is 2. The Kier molecular flexibility index (Phi) is 6.62. The first-order chi connectivity index (χ1) is 14.6. The van der Waals surface area contributed by atoms with Gasteiger partial charge in [0.05, 0.1) is 11.4 Å². The number of fused-ring (bicyclic) bond motifs is 1. The van der Waals surface area contributed by atoms with Crippen LogP contribution >= 0.6 is 0 Å². The average molecular weight is 443 g/mol. The van der Waals surface area contributed by atoms with Gasteiger partial charge in [-0.25, -0.2) is 8.42 Å². The molecule has 31 heavy (non-hydrogen) atoms. The van der Waals surface area contributed by atoms with Crippen LogP contribution in [-0.2, 0) is 27.8 Å². The number of hydrogen-bond donors (Lipinski definition) is 0. The van der Waals surface area contributed by atoms with Gasteiger partial charge in [-0.1, -0.05) is 37.3 Å². The van der Waals surface area contributed by atoms with Crippen LogP contribution in [0.15, 0.2) is 57.8 Å². The number of ketones is 1. The third-order valence-corrected chi connectivity index (χ3v) is 7.07. The highest BCUT2D eigenvalue weighted by Crippen LogP contribution is 2.27. The number of para-hydroxylation sites is 1. The minimum Gasteiger partial charge on any atom is -0.461 e. The molecule has 0 fully saturated rings. The number of hydrogen-bond acceptors (Lipinski definition) is 5. The fourth-order valence-corrected chi connectivity index (χ4v) is 4.49. The van der Waals surface area contributed by atoms with E-state index >= 15 is 0 Å². The van der Waals surface area contributed by atoms with Crippen molar-refractivity contribution in [3.05, 3.63) is 65.4 Å². The van der Waals surface area contributed by atoms with Crippen molar-refractivity contribution in [3.8, 4) is 0 Å². The Hall–Kier alpha value is -2.97. The third-order valence-electron chi connectivity index (χ3n) is 5.25. The Morgan fingerprint density at radius 3 is 2.26 bits per heavy atom. The lowest BCUT2D eigenvalue weighted by Crippen LogP contribution is -2.39. The molecule has 0 bridgehead atoms. The first-order valence-electron chi connectivity index (χ1n) is 9.95. The lowest BCUT2D eigenvalue weighted by molar-refractivity contribution is -0.130. The zero-order valence-corrected chi connectivity index (χ0v) is 18.9. The van der Waals surface area contributed by atoms with E-state index in [9.17, 15) is 18.0 Å². The number of sulfonamides is 1. The summed E-state index contributed by atoms with van der Waals surface area (Å²) in [6.45, 7) is 3.42. The first-order valence-corrected chi connectivity index (χ1v) is 11.4. The molecule has 0 N–H and O–H groups in total. The molecule has 0 saturated heterocycles. The topological polar surface area (TPSA) is 87.9 Å². The molecule has 2 aromatic carbocycles. The van der Waals surface area contributed by atoms with E-state index in [1.807, 2.05) is 31.2 Å². The van der Waals surface area contributed by atoms with Crippen LogP contribution in [-0.4, -0.2) is 50.0 Å². The molecule has 0 unspecified atom stereocenters. The van der Waals surface area contributed by atoms with Crippen LogP contribution in [0.2, 0.25) is 0 Å². The fraction of sp³-hybridized carbons (Fsp3) is 0.304. The smallest absolute Gasteiger partial charge is 0.243 e. The van der Waals surface area contributed by atoms with Gasteiger partial charge in [0, 0.05) is 43.6 Å². The maximum Gasteiger partial charge on any atom is 0.243 e. The second-order valence-corrected chi connectivity index (χ2v) is 9.49. The zero-order chi connectivity index (χ0) is 22.8. The lowest BCUT2D eigenvalue weighted by Gasteiger charge is -2.22. The van der Waals surface area contributed by atoms with Crippen LogP contribution in [0.4, 0.5) is 0 Å². The molecule has 164 valence electrons. The Balaban J connectivity index is 1.74. The summed E-state index contributed by atoms with van der Waals surface area (Å²) in [6.07, 6.45) is 0.691. The predicted octanol–water partition coefficient (Wildman–Crippen LogP) is 3.48. The second-order valence-electron chi connectivity index (χ2n) is 7.44. The summed E-state index contributed by atoms with van der Waals surface area (Å²) in [6, 6.07) is 13.3. The molecule has 0 saturated carbocycles. The van der Waals surface area contributed by atoms with Gasteiger partial charge in [0.1, 0.15) is 11.3 Å². The summed E-state index contributed by atoms with van der Waals surface area (Å²) in [5, 5.41) is 0.950. The monoisotopic (exact) mass is 442 g/mol. The standard InChI is InChI=1S/C23H26N2O5S/c1-5-21-20(19-8-6-7-9-22(19)30-21)14-24(3)23(27)15-25(4)31(28,29)18-12-10-17(11-13-18)16(2)26/h6-13H,5,14-15H2,1-4H3. The molecule has 8 heteroatoms. The predicted molar refractivity (Wildman–Crippen MR) is 118 cm³/mol. The maximum atomic E-state index is 12.8. The maximum absolute atomic E-state index is 12.8. The molecule has 0 spiro atoms. The van der Waals surface area contributed by atoms with Crippen LogP contribution in [0.5, 0.6) is 0 Å². The quantitative estimate of drug-likeness (QED) is 0.499. The van der Waals surface area contributed by atoms with Gasteiger partial charge in [-0.2, -0.15) is 4.31 Å². The number of aryl methyl sites for hydroxylation is 1. The van der Waals surface area contributed by atoms with Crippen molar-refractivity contribution in [3.63, 3.8) is 0 Å². The number of furan rings is 1. The zero-order valence-electron chi connectivity index (χ0n) is 18.1. The number of rotatable bonds is 8. The van der Waals surface area contributed by atoms with Crippen LogP contribution < -0.4 is 0 Å². The number of amides is 1. The van der Waals surface area contributed by atoms with E-state index in [2.05, 4.69) is 0 Å². The highest BCUT2D eigenvalue weighted by molar-refractivity contribution is 7.89. The Bertz CT molecular complexity index is 1210. The number of benzene rings is 2. The van der Waals surface area contributed by atoms with E-state index in [1.165, 1.54) is 43.1 Å². The van der Waals surface area contributed by atoms with Crippen molar-refractivity contribution in [1.82, 2.24) is 9.21 Å². The molecule has 0 aliphatic heterocycles. The van der Waals surface area contributed by atoms with Crippen molar-refractivity contribution in [1.29, 1.82) is 0 Å². The molecule has 7 nitrogen and oxygen atoms in total. The van der Waals surface area contributed by atoms with Crippen molar-refractivity contribution in [2.45, 2.75) is 31.7 Å². The SMILES string of the molecule is CCc1oc2ccccc2c1CN(C)C(=O)CN(C)S(=O)(=O)c1ccc(C(C)=O)cc1. The van der Waals surface area contributed by atoms with Crippen LogP contribution in [0, 0.1) is 0 Å². The molecular weight excluding hydrogens is 416 g/mol. The average Bonchev–Trinajstić information content (AvgIpc) is 3.11. The first kappa shape index (κ1) is 22.7. The van der Waals surface area contributed by atoms with E-state index in [-0.39, 0.29) is 23.1 Å². The van der Waals surface area contributed by atoms with Crippen molar-refractivity contribution in [2.24, 2.45) is 0 Å². The van der Waals surface area contributed by atoms with Crippen molar-refractivity contribution in [2.75, 3.05) is 20.6 Å². The Morgan fingerprint density at radius 2 is 1.65 bits per heavy atom. The molecular formula is C23H26N2O5S. The molecule has 0 aliphatic carbocycles. The molecule has 1 heterocycles. The van der Waals surface area contributed by atoms with Gasteiger partial charge >= 0.3 is 0 Å². The summed E-state index contributed by atoms with van der Waals surface area (Å²) in [5.41, 5.74) is 2.12. The molecule has 0 radical (unpaired) electrons. The highest BCUT2D eigenvalue weighted by atomic mass is 32.2.